The maximum atomic E-state index is 12.1. The predicted octanol–water partition coefficient (Wildman–Crippen LogP) is 3.13. The van der Waals surface area contributed by atoms with Crippen LogP contribution in [0, 0.1) is 0 Å². The van der Waals surface area contributed by atoms with E-state index in [4.69, 9.17) is 15.2 Å². The van der Waals surface area contributed by atoms with Gasteiger partial charge in [0, 0.05) is 4.47 Å². The normalized spacial score (nSPS) is 9.85. The number of hydrogen-bond acceptors (Lipinski definition) is 4. The topological polar surface area (TPSA) is 78.6 Å². The summed E-state index contributed by atoms with van der Waals surface area (Å²) in [5, 5.41) is 0. The van der Waals surface area contributed by atoms with Crippen LogP contribution in [0.4, 0.5) is 4.79 Å². The van der Waals surface area contributed by atoms with Crippen molar-refractivity contribution in [3.05, 3.63) is 58.6 Å². The van der Waals surface area contributed by atoms with Gasteiger partial charge in [0.25, 0.3) is 0 Å². The molecule has 0 aromatic heterocycles. The van der Waals surface area contributed by atoms with E-state index < -0.39 is 12.1 Å². The van der Waals surface area contributed by atoms with Gasteiger partial charge in [-0.2, -0.15) is 0 Å². The Kier molecular flexibility index (Phi) is 4.37. The van der Waals surface area contributed by atoms with Crippen LogP contribution in [0.1, 0.15) is 10.4 Å². The van der Waals surface area contributed by atoms with Gasteiger partial charge in [-0.1, -0.05) is 34.1 Å². The zero-order valence-corrected chi connectivity index (χ0v) is 11.8. The number of benzene rings is 2. The fourth-order valence-corrected chi connectivity index (χ4v) is 1.87. The minimum Gasteiger partial charge on any atom is -0.423 e. The summed E-state index contributed by atoms with van der Waals surface area (Å²) in [4.78, 5) is 22.9. The molecule has 0 radical (unpaired) electrons. The second kappa shape index (κ2) is 6.21. The lowest BCUT2D eigenvalue weighted by Gasteiger charge is -2.09. The van der Waals surface area contributed by atoms with Crippen molar-refractivity contribution in [3.8, 4) is 11.5 Å². The van der Waals surface area contributed by atoms with Gasteiger partial charge >= 0.3 is 12.1 Å². The monoisotopic (exact) mass is 335 g/mol. The van der Waals surface area contributed by atoms with E-state index in [-0.39, 0.29) is 11.3 Å². The standard InChI is InChI=1S/C14H10BrNO4/c15-9-6-7-12(20-14(16)18)11(8-9)13(17)19-10-4-2-1-3-5-10/h1-8H,(H2,16,18). The predicted molar refractivity (Wildman–Crippen MR) is 75.8 cm³/mol. The van der Waals surface area contributed by atoms with Crippen molar-refractivity contribution < 1.29 is 19.1 Å². The van der Waals surface area contributed by atoms with Gasteiger partial charge in [0.05, 0.1) is 0 Å². The number of rotatable bonds is 3. The number of esters is 1. The molecule has 102 valence electrons. The van der Waals surface area contributed by atoms with Crippen molar-refractivity contribution in [2.45, 2.75) is 0 Å². The summed E-state index contributed by atoms with van der Waals surface area (Å²) in [6.07, 6.45) is -0.999. The maximum Gasteiger partial charge on any atom is 0.409 e. The summed E-state index contributed by atoms with van der Waals surface area (Å²) in [5.74, 6) is -0.210. The van der Waals surface area contributed by atoms with Crippen LogP contribution in [0.5, 0.6) is 11.5 Å². The fraction of sp³-hybridized carbons (Fsp3) is 0. The van der Waals surface area contributed by atoms with E-state index in [2.05, 4.69) is 15.9 Å². The van der Waals surface area contributed by atoms with Crippen LogP contribution in [-0.4, -0.2) is 12.1 Å². The summed E-state index contributed by atoms with van der Waals surface area (Å²) < 4.78 is 10.6. The highest BCUT2D eigenvalue weighted by molar-refractivity contribution is 9.10. The minimum absolute atomic E-state index is 0.0432. The first-order valence-electron chi connectivity index (χ1n) is 5.60. The summed E-state index contributed by atoms with van der Waals surface area (Å²) >= 11 is 3.24. The van der Waals surface area contributed by atoms with E-state index in [9.17, 15) is 9.59 Å². The number of carbonyl (C=O) groups is 2. The largest absolute Gasteiger partial charge is 0.423 e. The average Bonchev–Trinajstić information content (AvgIpc) is 2.41. The molecular formula is C14H10BrNO4. The maximum absolute atomic E-state index is 12.1. The van der Waals surface area contributed by atoms with E-state index >= 15 is 0 Å². The zero-order valence-electron chi connectivity index (χ0n) is 10.2. The van der Waals surface area contributed by atoms with Crippen molar-refractivity contribution in [3.63, 3.8) is 0 Å². The van der Waals surface area contributed by atoms with Gasteiger partial charge in [0.15, 0.2) is 0 Å². The van der Waals surface area contributed by atoms with Crippen LogP contribution in [0.25, 0.3) is 0 Å². The summed E-state index contributed by atoms with van der Waals surface area (Å²) in [5.41, 5.74) is 5.06. The lowest BCUT2D eigenvalue weighted by atomic mass is 10.2. The molecule has 0 heterocycles. The molecular weight excluding hydrogens is 326 g/mol. The molecule has 0 fully saturated rings. The number of para-hydroxylation sites is 1. The van der Waals surface area contributed by atoms with Gasteiger partial charge in [-0.05, 0) is 30.3 Å². The van der Waals surface area contributed by atoms with Crippen molar-refractivity contribution >= 4 is 28.0 Å². The van der Waals surface area contributed by atoms with E-state index in [0.29, 0.717) is 10.2 Å². The van der Waals surface area contributed by atoms with Gasteiger partial charge in [-0.15, -0.1) is 0 Å². The molecule has 0 spiro atoms. The molecule has 0 aliphatic heterocycles. The average molecular weight is 336 g/mol. The molecule has 6 heteroatoms. The van der Waals surface area contributed by atoms with Gasteiger partial charge in [0.1, 0.15) is 17.1 Å². The Morgan fingerprint density at radius 2 is 1.70 bits per heavy atom. The molecule has 2 aromatic rings. The Hall–Kier alpha value is -2.34. The van der Waals surface area contributed by atoms with Crippen molar-refractivity contribution in [1.29, 1.82) is 0 Å². The van der Waals surface area contributed by atoms with Crippen LogP contribution in [0.2, 0.25) is 0 Å². The zero-order chi connectivity index (χ0) is 14.5. The highest BCUT2D eigenvalue weighted by Gasteiger charge is 2.17. The molecule has 20 heavy (non-hydrogen) atoms. The van der Waals surface area contributed by atoms with E-state index in [0.717, 1.165) is 0 Å². The molecule has 2 rings (SSSR count). The van der Waals surface area contributed by atoms with E-state index in [1.807, 2.05) is 0 Å². The first-order chi connectivity index (χ1) is 9.56. The Bertz CT molecular complexity index is 643. The molecule has 2 aromatic carbocycles. The quantitative estimate of drug-likeness (QED) is 0.690. The molecule has 0 bridgehead atoms. The molecule has 0 atom stereocenters. The van der Waals surface area contributed by atoms with Crippen LogP contribution in [0.15, 0.2) is 53.0 Å². The molecule has 0 unspecified atom stereocenters. The molecule has 0 saturated heterocycles. The van der Waals surface area contributed by atoms with Crippen molar-refractivity contribution in [2.24, 2.45) is 5.73 Å². The van der Waals surface area contributed by atoms with E-state index in [1.54, 1.807) is 36.4 Å². The van der Waals surface area contributed by atoms with Gasteiger partial charge < -0.3 is 15.2 Å². The Labute approximate surface area is 123 Å². The van der Waals surface area contributed by atoms with Gasteiger partial charge in [0.2, 0.25) is 0 Å². The number of nitrogens with two attached hydrogens (primary N) is 1. The molecule has 2 N–H and O–H groups in total. The lowest BCUT2D eigenvalue weighted by molar-refractivity contribution is 0.0732. The van der Waals surface area contributed by atoms with Crippen molar-refractivity contribution in [2.75, 3.05) is 0 Å². The summed E-state index contributed by atoms with van der Waals surface area (Å²) in [6.45, 7) is 0. The SMILES string of the molecule is NC(=O)Oc1ccc(Br)cc1C(=O)Oc1ccccc1. The highest BCUT2D eigenvalue weighted by Crippen LogP contribution is 2.25. The Morgan fingerprint density at radius 1 is 1.00 bits per heavy atom. The number of halogens is 1. The summed E-state index contributed by atoms with van der Waals surface area (Å²) in [6, 6.07) is 13.1. The second-order valence-corrected chi connectivity index (χ2v) is 4.68. The third-order valence-corrected chi connectivity index (χ3v) is 2.82. The van der Waals surface area contributed by atoms with Gasteiger partial charge in [-0.25, -0.2) is 9.59 Å². The minimum atomic E-state index is -0.999. The lowest BCUT2D eigenvalue weighted by Crippen LogP contribution is -2.19. The number of primary amides is 1. The first-order valence-corrected chi connectivity index (χ1v) is 6.39. The number of carbonyl (C=O) groups excluding carboxylic acids is 2. The molecule has 1 amide bonds. The Balaban J connectivity index is 2.28. The van der Waals surface area contributed by atoms with E-state index in [1.165, 1.54) is 12.1 Å². The van der Waals surface area contributed by atoms with Gasteiger partial charge in [-0.3, -0.25) is 0 Å². The smallest absolute Gasteiger partial charge is 0.409 e. The second-order valence-electron chi connectivity index (χ2n) is 3.76. The number of ether oxygens (including phenoxy) is 2. The molecule has 5 nitrogen and oxygen atoms in total. The van der Waals surface area contributed by atoms with Crippen LogP contribution in [-0.2, 0) is 0 Å². The fourth-order valence-electron chi connectivity index (χ4n) is 1.51. The first kappa shape index (κ1) is 14.1. The van der Waals surface area contributed by atoms with Crippen LogP contribution < -0.4 is 15.2 Å². The molecule has 0 aliphatic rings. The Morgan fingerprint density at radius 3 is 2.35 bits per heavy atom. The van der Waals surface area contributed by atoms with Crippen LogP contribution >= 0.6 is 15.9 Å². The molecule has 0 aliphatic carbocycles. The highest BCUT2D eigenvalue weighted by atomic mass is 79.9. The summed E-state index contributed by atoms with van der Waals surface area (Å²) in [7, 11) is 0. The number of amides is 1. The third-order valence-electron chi connectivity index (χ3n) is 2.33. The molecule has 0 saturated carbocycles. The number of hydrogen-bond donors (Lipinski definition) is 1. The van der Waals surface area contributed by atoms with Crippen molar-refractivity contribution in [1.82, 2.24) is 0 Å². The third kappa shape index (κ3) is 3.58. The van der Waals surface area contributed by atoms with Crippen LogP contribution in [0.3, 0.4) is 0 Å².